The maximum absolute atomic E-state index is 12.3. The van der Waals surface area contributed by atoms with Gasteiger partial charge in [0.15, 0.2) is 0 Å². The molecule has 2 aliphatic heterocycles. The highest BCUT2D eigenvalue weighted by molar-refractivity contribution is 5.81. The van der Waals surface area contributed by atoms with E-state index in [1.807, 2.05) is 11.8 Å². The highest BCUT2D eigenvalue weighted by atomic mass is 16.2. The average molecular weight is 267 g/mol. The molecule has 2 rings (SSSR count). The van der Waals surface area contributed by atoms with Crippen molar-refractivity contribution in [1.82, 2.24) is 15.1 Å². The molecule has 0 aromatic carbocycles. The summed E-state index contributed by atoms with van der Waals surface area (Å²) in [5.41, 5.74) is 0. The van der Waals surface area contributed by atoms with E-state index in [0.717, 1.165) is 19.6 Å². The molecule has 2 fully saturated rings. The maximum atomic E-state index is 12.3. The van der Waals surface area contributed by atoms with Crippen LogP contribution in [0.4, 0.5) is 0 Å². The molecule has 1 N–H and O–H groups in total. The van der Waals surface area contributed by atoms with Gasteiger partial charge in [-0.05, 0) is 58.7 Å². The first-order valence-corrected chi connectivity index (χ1v) is 7.98. The Labute approximate surface area is 117 Å². The zero-order chi connectivity index (χ0) is 13.7. The number of piperidine rings is 2. The monoisotopic (exact) mass is 267 g/mol. The second-order valence-corrected chi connectivity index (χ2v) is 5.98. The van der Waals surface area contributed by atoms with Crippen molar-refractivity contribution < 1.29 is 4.79 Å². The maximum Gasteiger partial charge on any atom is 0.239 e. The van der Waals surface area contributed by atoms with Crippen LogP contribution >= 0.6 is 0 Å². The van der Waals surface area contributed by atoms with Gasteiger partial charge in [0.05, 0.1) is 6.04 Å². The lowest BCUT2D eigenvalue weighted by Crippen LogP contribution is -2.52. The molecule has 2 saturated heterocycles. The van der Waals surface area contributed by atoms with Crippen LogP contribution in [0.5, 0.6) is 0 Å². The molecule has 0 aromatic rings. The summed E-state index contributed by atoms with van der Waals surface area (Å²) in [6.45, 7) is 9.64. The van der Waals surface area contributed by atoms with Crippen LogP contribution in [0.1, 0.15) is 46.0 Å². The van der Waals surface area contributed by atoms with E-state index in [-0.39, 0.29) is 6.04 Å². The summed E-state index contributed by atoms with van der Waals surface area (Å²) in [4.78, 5) is 16.9. The summed E-state index contributed by atoms with van der Waals surface area (Å²) in [6.07, 6.45) is 5.97. The van der Waals surface area contributed by atoms with Crippen LogP contribution in [0.3, 0.4) is 0 Å². The van der Waals surface area contributed by atoms with Crippen LogP contribution < -0.4 is 5.32 Å². The number of nitrogens with zero attached hydrogens (tertiary/aromatic N) is 2. The van der Waals surface area contributed by atoms with E-state index in [4.69, 9.17) is 0 Å². The third-order valence-electron chi connectivity index (χ3n) is 4.56. The Balaban J connectivity index is 1.74. The Kier molecular flexibility index (Phi) is 5.64. The lowest BCUT2D eigenvalue weighted by Gasteiger charge is -2.35. The number of carbonyl (C=O) groups excluding carboxylic acids is 1. The molecule has 4 heteroatoms. The molecule has 110 valence electrons. The van der Waals surface area contributed by atoms with Crippen LogP contribution in [0, 0.1) is 0 Å². The number of rotatable bonds is 4. The normalized spacial score (nSPS) is 24.4. The van der Waals surface area contributed by atoms with E-state index in [0.29, 0.717) is 11.9 Å². The number of likely N-dealkylation sites (tertiary alicyclic amines) is 2. The highest BCUT2D eigenvalue weighted by Gasteiger charge is 2.25. The van der Waals surface area contributed by atoms with Crippen LogP contribution in [-0.4, -0.2) is 60.5 Å². The Hall–Kier alpha value is -0.610. The van der Waals surface area contributed by atoms with Gasteiger partial charge in [-0.3, -0.25) is 4.79 Å². The molecule has 1 unspecified atom stereocenters. The molecule has 0 radical (unpaired) electrons. The Bertz CT molecular complexity index is 281. The van der Waals surface area contributed by atoms with Gasteiger partial charge in [0, 0.05) is 19.1 Å². The van der Waals surface area contributed by atoms with Gasteiger partial charge in [-0.2, -0.15) is 0 Å². The number of amides is 1. The largest absolute Gasteiger partial charge is 0.341 e. The van der Waals surface area contributed by atoms with Gasteiger partial charge >= 0.3 is 0 Å². The molecule has 2 aliphatic rings. The molecule has 4 nitrogen and oxygen atoms in total. The Morgan fingerprint density at radius 1 is 1.16 bits per heavy atom. The fourth-order valence-corrected chi connectivity index (χ4v) is 3.23. The van der Waals surface area contributed by atoms with Crippen LogP contribution in [0.25, 0.3) is 0 Å². The second-order valence-electron chi connectivity index (χ2n) is 5.98. The standard InChI is InChI=1S/C15H29N3O/c1-3-17-11-7-14(8-12-17)16-13(2)15(19)18-9-5-4-6-10-18/h13-14,16H,3-12H2,1-2H3. The Morgan fingerprint density at radius 3 is 2.37 bits per heavy atom. The quantitative estimate of drug-likeness (QED) is 0.837. The minimum atomic E-state index is -0.0173. The first kappa shape index (κ1) is 14.8. The SMILES string of the molecule is CCN1CCC(NC(C)C(=O)N2CCCCC2)CC1. The lowest BCUT2D eigenvalue weighted by atomic mass is 10.0. The zero-order valence-corrected chi connectivity index (χ0v) is 12.5. The van der Waals surface area contributed by atoms with Crippen molar-refractivity contribution >= 4 is 5.91 Å². The molecular formula is C15H29N3O. The van der Waals surface area contributed by atoms with Gasteiger partial charge in [0.2, 0.25) is 5.91 Å². The van der Waals surface area contributed by atoms with Crippen molar-refractivity contribution in [1.29, 1.82) is 0 Å². The average Bonchev–Trinajstić information content (AvgIpc) is 2.48. The smallest absolute Gasteiger partial charge is 0.239 e. The summed E-state index contributed by atoms with van der Waals surface area (Å²) in [5.74, 6) is 0.303. The van der Waals surface area contributed by atoms with E-state index < -0.39 is 0 Å². The van der Waals surface area contributed by atoms with Crippen molar-refractivity contribution in [2.45, 2.75) is 58.0 Å². The van der Waals surface area contributed by atoms with Crippen molar-refractivity contribution in [2.75, 3.05) is 32.7 Å². The van der Waals surface area contributed by atoms with E-state index >= 15 is 0 Å². The third kappa shape index (κ3) is 4.18. The molecule has 0 bridgehead atoms. The fraction of sp³-hybridized carbons (Fsp3) is 0.933. The van der Waals surface area contributed by atoms with Gasteiger partial charge in [-0.15, -0.1) is 0 Å². The van der Waals surface area contributed by atoms with E-state index in [1.54, 1.807) is 0 Å². The van der Waals surface area contributed by atoms with E-state index in [9.17, 15) is 4.79 Å². The first-order chi connectivity index (χ1) is 9.20. The summed E-state index contributed by atoms with van der Waals surface area (Å²) >= 11 is 0. The predicted octanol–water partition coefficient (Wildman–Crippen LogP) is 1.46. The minimum absolute atomic E-state index is 0.0173. The van der Waals surface area contributed by atoms with E-state index in [2.05, 4.69) is 17.1 Å². The topological polar surface area (TPSA) is 35.6 Å². The van der Waals surface area contributed by atoms with Gasteiger partial charge in [0.25, 0.3) is 0 Å². The van der Waals surface area contributed by atoms with Gasteiger partial charge < -0.3 is 15.1 Å². The molecule has 2 heterocycles. The predicted molar refractivity (Wildman–Crippen MR) is 78.2 cm³/mol. The number of nitrogens with one attached hydrogen (secondary N) is 1. The van der Waals surface area contributed by atoms with Crippen molar-refractivity contribution in [2.24, 2.45) is 0 Å². The molecular weight excluding hydrogens is 238 g/mol. The number of hydrogen-bond acceptors (Lipinski definition) is 3. The van der Waals surface area contributed by atoms with Gasteiger partial charge in [-0.25, -0.2) is 0 Å². The summed E-state index contributed by atoms with van der Waals surface area (Å²) < 4.78 is 0. The fourth-order valence-electron chi connectivity index (χ4n) is 3.23. The number of hydrogen-bond donors (Lipinski definition) is 1. The van der Waals surface area contributed by atoms with Crippen molar-refractivity contribution in [3.8, 4) is 0 Å². The van der Waals surface area contributed by atoms with Crippen LogP contribution in [0.2, 0.25) is 0 Å². The molecule has 1 amide bonds. The molecule has 0 saturated carbocycles. The van der Waals surface area contributed by atoms with Crippen molar-refractivity contribution in [3.63, 3.8) is 0 Å². The lowest BCUT2D eigenvalue weighted by molar-refractivity contribution is -0.134. The molecule has 19 heavy (non-hydrogen) atoms. The molecule has 0 spiro atoms. The summed E-state index contributed by atoms with van der Waals surface area (Å²) in [5, 5.41) is 3.54. The summed E-state index contributed by atoms with van der Waals surface area (Å²) in [6, 6.07) is 0.503. The van der Waals surface area contributed by atoms with Gasteiger partial charge in [-0.1, -0.05) is 6.92 Å². The first-order valence-electron chi connectivity index (χ1n) is 7.98. The minimum Gasteiger partial charge on any atom is -0.341 e. The second kappa shape index (κ2) is 7.25. The summed E-state index contributed by atoms with van der Waals surface area (Å²) in [7, 11) is 0. The Morgan fingerprint density at radius 2 is 1.79 bits per heavy atom. The molecule has 0 aromatic heterocycles. The van der Waals surface area contributed by atoms with Gasteiger partial charge in [0.1, 0.15) is 0 Å². The van der Waals surface area contributed by atoms with Crippen LogP contribution in [-0.2, 0) is 4.79 Å². The highest BCUT2D eigenvalue weighted by Crippen LogP contribution is 2.13. The zero-order valence-electron chi connectivity index (χ0n) is 12.5. The molecule has 1 atom stereocenters. The van der Waals surface area contributed by atoms with Crippen LogP contribution in [0.15, 0.2) is 0 Å². The third-order valence-corrected chi connectivity index (χ3v) is 4.56. The van der Waals surface area contributed by atoms with Crippen molar-refractivity contribution in [3.05, 3.63) is 0 Å². The van der Waals surface area contributed by atoms with E-state index in [1.165, 1.54) is 45.2 Å². The number of carbonyl (C=O) groups is 1. The molecule has 0 aliphatic carbocycles.